The number of benzene rings is 1. The summed E-state index contributed by atoms with van der Waals surface area (Å²) in [5.74, 6) is 0.296. The summed E-state index contributed by atoms with van der Waals surface area (Å²) in [4.78, 5) is 0. The first-order chi connectivity index (χ1) is 6.27. The number of phenols is 1. The van der Waals surface area contributed by atoms with E-state index < -0.39 is 0 Å². The van der Waals surface area contributed by atoms with Crippen LogP contribution in [0.1, 0.15) is 5.56 Å². The zero-order valence-electron chi connectivity index (χ0n) is 7.49. The van der Waals surface area contributed by atoms with Crippen molar-refractivity contribution in [1.29, 1.82) is 0 Å². The summed E-state index contributed by atoms with van der Waals surface area (Å²) >= 11 is 0. The summed E-state index contributed by atoms with van der Waals surface area (Å²) in [6.07, 6.45) is 3.91. The van der Waals surface area contributed by atoms with Crippen LogP contribution in [-0.4, -0.2) is 11.7 Å². The molecule has 0 saturated heterocycles. The second kappa shape index (κ2) is 3.11. The van der Waals surface area contributed by atoms with Crippen molar-refractivity contribution in [3.05, 3.63) is 36.0 Å². The standard InChI is InChI=1S/C10H12N2O/c1-8-3-4-10(13)9(7-8)12-6-2-5-11-12/h2-4,6-7,11,13H,5H2,1H3. The van der Waals surface area contributed by atoms with E-state index in [1.807, 2.05) is 36.3 Å². The monoisotopic (exact) mass is 176 g/mol. The fourth-order valence-electron chi connectivity index (χ4n) is 1.35. The first-order valence-corrected chi connectivity index (χ1v) is 4.26. The maximum absolute atomic E-state index is 9.58. The lowest BCUT2D eigenvalue weighted by Gasteiger charge is -2.17. The SMILES string of the molecule is Cc1ccc(O)c(N2C=CCN2)c1. The Morgan fingerprint density at radius 1 is 1.46 bits per heavy atom. The normalized spacial score (nSPS) is 15.3. The number of hydrogen-bond donors (Lipinski definition) is 2. The molecule has 0 aromatic heterocycles. The van der Waals surface area contributed by atoms with Gasteiger partial charge in [0.2, 0.25) is 0 Å². The maximum Gasteiger partial charge on any atom is 0.140 e. The Hall–Kier alpha value is -1.48. The molecule has 0 fully saturated rings. The first-order valence-electron chi connectivity index (χ1n) is 4.26. The largest absolute Gasteiger partial charge is 0.506 e. The van der Waals surface area contributed by atoms with Crippen LogP contribution in [0.5, 0.6) is 5.75 Å². The molecule has 0 radical (unpaired) electrons. The van der Waals surface area contributed by atoms with E-state index in [0.717, 1.165) is 17.8 Å². The average molecular weight is 176 g/mol. The third kappa shape index (κ3) is 1.51. The van der Waals surface area contributed by atoms with Crippen molar-refractivity contribution in [2.24, 2.45) is 0 Å². The predicted octanol–water partition coefficient (Wildman–Crippen LogP) is 1.54. The molecule has 0 aliphatic carbocycles. The lowest BCUT2D eigenvalue weighted by atomic mass is 10.2. The van der Waals surface area contributed by atoms with Crippen LogP contribution >= 0.6 is 0 Å². The Balaban J connectivity index is 2.37. The Kier molecular flexibility index (Phi) is 1.94. The topological polar surface area (TPSA) is 35.5 Å². The van der Waals surface area contributed by atoms with Crippen LogP contribution in [0.3, 0.4) is 0 Å². The minimum Gasteiger partial charge on any atom is -0.506 e. The average Bonchev–Trinajstić information content (AvgIpc) is 2.61. The van der Waals surface area contributed by atoms with E-state index in [1.165, 1.54) is 0 Å². The number of phenolic OH excluding ortho intramolecular Hbond substituents is 1. The van der Waals surface area contributed by atoms with Gasteiger partial charge in [0.1, 0.15) is 5.75 Å². The molecule has 0 amide bonds. The number of nitrogens with one attached hydrogen (secondary N) is 1. The van der Waals surface area contributed by atoms with Gasteiger partial charge in [0, 0.05) is 12.7 Å². The molecule has 1 aliphatic rings. The quantitative estimate of drug-likeness (QED) is 0.681. The number of nitrogens with zero attached hydrogens (tertiary/aromatic N) is 1. The van der Waals surface area contributed by atoms with E-state index in [4.69, 9.17) is 0 Å². The number of aromatic hydroxyl groups is 1. The van der Waals surface area contributed by atoms with Gasteiger partial charge in [-0.1, -0.05) is 12.1 Å². The van der Waals surface area contributed by atoms with E-state index in [2.05, 4.69) is 5.43 Å². The highest BCUT2D eigenvalue weighted by Crippen LogP contribution is 2.27. The maximum atomic E-state index is 9.58. The molecule has 2 rings (SSSR count). The highest BCUT2D eigenvalue weighted by atomic mass is 16.3. The van der Waals surface area contributed by atoms with Crippen molar-refractivity contribution in [2.75, 3.05) is 11.6 Å². The van der Waals surface area contributed by atoms with Crippen molar-refractivity contribution >= 4 is 5.69 Å². The summed E-state index contributed by atoms with van der Waals surface area (Å²) in [6, 6.07) is 5.54. The molecule has 0 saturated carbocycles. The molecule has 3 heteroatoms. The minimum atomic E-state index is 0.296. The van der Waals surface area contributed by atoms with Gasteiger partial charge < -0.3 is 5.11 Å². The van der Waals surface area contributed by atoms with E-state index >= 15 is 0 Å². The summed E-state index contributed by atoms with van der Waals surface area (Å²) in [7, 11) is 0. The molecule has 0 unspecified atom stereocenters. The van der Waals surface area contributed by atoms with Crippen LogP contribution in [0.4, 0.5) is 5.69 Å². The highest BCUT2D eigenvalue weighted by Gasteiger charge is 2.10. The lowest BCUT2D eigenvalue weighted by molar-refractivity contribution is 0.474. The van der Waals surface area contributed by atoms with E-state index in [0.29, 0.717) is 5.75 Å². The molecule has 1 aliphatic heterocycles. The Morgan fingerprint density at radius 3 is 3.00 bits per heavy atom. The van der Waals surface area contributed by atoms with Gasteiger partial charge in [0.05, 0.1) is 5.69 Å². The van der Waals surface area contributed by atoms with Gasteiger partial charge in [-0.05, 0) is 24.6 Å². The molecule has 68 valence electrons. The van der Waals surface area contributed by atoms with Gasteiger partial charge in [-0.3, -0.25) is 5.01 Å². The highest BCUT2D eigenvalue weighted by molar-refractivity contribution is 5.60. The van der Waals surface area contributed by atoms with Crippen molar-refractivity contribution in [3.63, 3.8) is 0 Å². The van der Waals surface area contributed by atoms with Crippen LogP contribution in [0.2, 0.25) is 0 Å². The van der Waals surface area contributed by atoms with Gasteiger partial charge in [-0.15, -0.1) is 0 Å². The molecule has 0 bridgehead atoms. The zero-order valence-corrected chi connectivity index (χ0v) is 7.49. The van der Waals surface area contributed by atoms with Crippen LogP contribution in [0, 0.1) is 6.92 Å². The molecule has 2 N–H and O–H groups in total. The van der Waals surface area contributed by atoms with E-state index in [9.17, 15) is 5.11 Å². The van der Waals surface area contributed by atoms with Crippen molar-refractivity contribution < 1.29 is 5.11 Å². The van der Waals surface area contributed by atoms with Gasteiger partial charge in [0.25, 0.3) is 0 Å². The fraction of sp³-hybridized carbons (Fsp3) is 0.200. The van der Waals surface area contributed by atoms with Crippen molar-refractivity contribution in [2.45, 2.75) is 6.92 Å². The summed E-state index contributed by atoms with van der Waals surface area (Å²) < 4.78 is 0. The number of hydrogen-bond acceptors (Lipinski definition) is 3. The molecule has 0 atom stereocenters. The number of aryl methyl sites for hydroxylation is 1. The summed E-state index contributed by atoms with van der Waals surface area (Å²) in [5.41, 5.74) is 5.04. The van der Waals surface area contributed by atoms with Gasteiger partial charge >= 0.3 is 0 Å². The molecule has 1 aromatic carbocycles. The third-order valence-corrected chi connectivity index (χ3v) is 2.02. The Bertz CT molecular complexity index is 347. The van der Waals surface area contributed by atoms with Gasteiger partial charge in [0.15, 0.2) is 0 Å². The molecule has 1 heterocycles. The summed E-state index contributed by atoms with van der Waals surface area (Å²) in [5, 5.41) is 11.4. The van der Waals surface area contributed by atoms with Crippen molar-refractivity contribution in [3.8, 4) is 5.75 Å². The van der Waals surface area contributed by atoms with Crippen LogP contribution in [0.15, 0.2) is 30.5 Å². The Labute approximate surface area is 77.3 Å². The van der Waals surface area contributed by atoms with Crippen LogP contribution < -0.4 is 10.4 Å². The molecule has 1 aromatic rings. The number of anilines is 1. The van der Waals surface area contributed by atoms with Crippen LogP contribution in [0.25, 0.3) is 0 Å². The summed E-state index contributed by atoms with van der Waals surface area (Å²) in [6.45, 7) is 2.82. The molecular formula is C10H12N2O. The molecule has 13 heavy (non-hydrogen) atoms. The second-order valence-corrected chi connectivity index (χ2v) is 3.11. The molecule has 0 spiro atoms. The van der Waals surface area contributed by atoms with Crippen LogP contribution in [-0.2, 0) is 0 Å². The van der Waals surface area contributed by atoms with Gasteiger partial charge in [-0.25, -0.2) is 5.43 Å². The predicted molar refractivity (Wildman–Crippen MR) is 52.5 cm³/mol. The number of hydrazine groups is 1. The zero-order chi connectivity index (χ0) is 9.26. The third-order valence-electron chi connectivity index (χ3n) is 2.02. The van der Waals surface area contributed by atoms with Crippen molar-refractivity contribution in [1.82, 2.24) is 5.43 Å². The van der Waals surface area contributed by atoms with E-state index in [1.54, 1.807) is 6.07 Å². The lowest BCUT2D eigenvalue weighted by Crippen LogP contribution is -2.28. The minimum absolute atomic E-state index is 0.296. The van der Waals surface area contributed by atoms with E-state index in [-0.39, 0.29) is 0 Å². The number of rotatable bonds is 1. The first kappa shape index (κ1) is 8.13. The Morgan fingerprint density at radius 2 is 2.31 bits per heavy atom. The smallest absolute Gasteiger partial charge is 0.140 e. The van der Waals surface area contributed by atoms with Gasteiger partial charge in [-0.2, -0.15) is 0 Å². The second-order valence-electron chi connectivity index (χ2n) is 3.11. The fourth-order valence-corrected chi connectivity index (χ4v) is 1.35. The molecular weight excluding hydrogens is 164 g/mol. The molecule has 3 nitrogen and oxygen atoms in total.